The van der Waals surface area contributed by atoms with E-state index in [4.69, 9.17) is 4.74 Å². The van der Waals surface area contributed by atoms with E-state index in [0.717, 1.165) is 12.8 Å². The lowest BCUT2D eigenvalue weighted by Crippen LogP contribution is -2.47. The molecule has 1 aromatic carbocycles. The number of carbonyl (C=O) groups excluding carboxylic acids is 3. The van der Waals surface area contributed by atoms with E-state index >= 15 is 0 Å². The van der Waals surface area contributed by atoms with E-state index in [0.29, 0.717) is 18.7 Å². The first-order chi connectivity index (χ1) is 12.4. The molecule has 140 valence electrons. The normalized spacial score (nSPS) is 24.5. The number of hydrogen-bond donors (Lipinski definition) is 1. The molecule has 7 heteroatoms. The number of aryl methyl sites for hydroxylation is 1. The average molecular weight is 376 g/mol. The van der Waals surface area contributed by atoms with Crippen molar-refractivity contribution in [1.29, 1.82) is 0 Å². The molecular weight excluding hydrogens is 352 g/mol. The lowest BCUT2D eigenvalue weighted by atomic mass is 10.1. The van der Waals surface area contributed by atoms with Gasteiger partial charge in [-0.25, -0.2) is 4.79 Å². The molecule has 2 aliphatic heterocycles. The second-order valence-corrected chi connectivity index (χ2v) is 8.40. The summed E-state index contributed by atoms with van der Waals surface area (Å²) in [6.45, 7) is 4.19. The number of fused-ring (bicyclic) bond motifs is 1. The number of esters is 1. The van der Waals surface area contributed by atoms with Crippen LogP contribution in [0.25, 0.3) is 0 Å². The zero-order valence-electron chi connectivity index (χ0n) is 15.1. The Morgan fingerprint density at radius 1 is 1.38 bits per heavy atom. The van der Waals surface area contributed by atoms with Crippen LogP contribution >= 0.6 is 11.8 Å². The zero-order chi connectivity index (χ0) is 18.7. The van der Waals surface area contributed by atoms with Crippen molar-refractivity contribution in [3.8, 4) is 0 Å². The molecule has 1 N–H and O–H groups in total. The van der Waals surface area contributed by atoms with Gasteiger partial charge < -0.3 is 15.0 Å². The van der Waals surface area contributed by atoms with E-state index in [1.54, 1.807) is 16.7 Å². The topological polar surface area (TPSA) is 75.7 Å². The van der Waals surface area contributed by atoms with Crippen LogP contribution in [0.2, 0.25) is 0 Å². The Hall–Kier alpha value is -2.02. The first kappa shape index (κ1) is 18.8. The van der Waals surface area contributed by atoms with E-state index in [9.17, 15) is 14.4 Å². The van der Waals surface area contributed by atoms with Gasteiger partial charge in [-0.1, -0.05) is 24.3 Å². The molecule has 3 rings (SSSR count). The Balaban J connectivity index is 1.42. The van der Waals surface area contributed by atoms with E-state index in [2.05, 4.69) is 5.32 Å². The largest absolute Gasteiger partial charge is 0.454 e. The summed E-state index contributed by atoms with van der Waals surface area (Å²) in [5.41, 5.74) is 2.37. The lowest BCUT2D eigenvalue weighted by Gasteiger charge is -2.29. The van der Waals surface area contributed by atoms with Gasteiger partial charge in [0.2, 0.25) is 5.91 Å². The molecule has 0 aromatic heterocycles. The summed E-state index contributed by atoms with van der Waals surface area (Å²) in [6.07, 6.45) is 1.94. The van der Waals surface area contributed by atoms with E-state index in [-0.39, 0.29) is 23.3 Å². The third-order valence-corrected chi connectivity index (χ3v) is 6.55. The summed E-state index contributed by atoms with van der Waals surface area (Å²) >= 11 is 1.61. The highest BCUT2D eigenvalue weighted by molar-refractivity contribution is 8.01. The van der Waals surface area contributed by atoms with Crippen LogP contribution in [0.15, 0.2) is 24.3 Å². The van der Waals surface area contributed by atoms with Crippen LogP contribution in [-0.2, 0) is 25.5 Å². The van der Waals surface area contributed by atoms with Crippen LogP contribution < -0.4 is 5.32 Å². The average Bonchev–Trinajstić information content (AvgIpc) is 3.11. The smallest absolute Gasteiger partial charge is 0.330 e. The first-order valence-corrected chi connectivity index (χ1v) is 9.83. The molecule has 6 nitrogen and oxygen atoms in total. The van der Waals surface area contributed by atoms with Crippen molar-refractivity contribution < 1.29 is 19.1 Å². The highest BCUT2D eigenvalue weighted by Gasteiger charge is 2.53. The van der Waals surface area contributed by atoms with E-state index in [1.165, 1.54) is 11.1 Å². The fourth-order valence-electron chi connectivity index (χ4n) is 3.51. The summed E-state index contributed by atoms with van der Waals surface area (Å²) in [7, 11) is 0. The fraction of sp³-hybridized carbons (Fsp3) is 0.526. The number of nitrogens with zero attached hydrogens (tertiary/aromatic N) is 1. The first-order valence-electron chi connectivity index (χ1n) is 8.85. The minimum absolute atomic E-state index is 0.0119. The molecule has 2 heterocycles. The van der Waals surface area contributed by atoms with Gasteiger partial charge in [-0.05, 0) is 37.8 Å². The number of benzene rings is 1. The van der Waals surface area contributed by atoms with E-state index in [1.807, 2.05) is 38.1 Å². The van der Waals surface area contributed by atoms with Gasteiger partial charge in [-0.3, -0.25) is 9.59 Å². The number of hydrogen-bond acceptors (Lipinski definition) is 5. The van der Waals surface area contributed by atoms with E-state index < -0.39 is 12.0 Å². The maximum absolute atomic E-state index is 12.3. The molecule has 1 aromatic rings. The Labute approximate surface area is 157 Å². The molecule has 2 saturated heterocycles. The standard InChI is InChI=1S/C19H24N2O4S/c1-13-5-3-4-6-14(13)8-10-20-16(22)11-25-18(24)15-12-26-19(2)9-7-17(23)21(15)19/h3-6,15H,7-12H2,1-2H3,(H,20,22)/t15-,19+/m1/s1. The summed E-state index contributed by atoms with van der Waals surface area (Å²) in [4.78, 5) is 37.6. The van der Waals surface area contributed by atoms with Gasteiger partial charge in [-0.2, -0.15) is 0 Å². The summed E-state index contributed by atoms with van der Waals surface area (Å²) in [6, 6.07) is 7.43. The number of nitrogens with one attached hydrogen (secondary N) is 1. The molecule has 2 atom stereocenters. The van der Waals surface area contributed by atoms with Gasteiger partial charge in [-0.15, -0.1) is 11.8 Å². The van der Waals surface area contributed by atoms with Crippen molar-refractivity contribution in [3.63, 3.8) is 0 Å². The molecule has 26 heavy (non-hydrogen) atoms. The number of amides is 2. The molecular formula is C19H24N2O4S. The molecule has 2 fully saturated rings. The lowest BCUT2D eigenvalue weighted by molar-refractivity contribution is -0.156. The zero-order valence-corrected chi connectivity index (χ0v) is 15.9. The van der Waals surface area contributed by atoms with Crippen molar-refractivity contribution in [2.75, 3.05) is 18.9 Å². The summed E-state index contributed by atoms with van der Waals surface area (Å²) in [5.74, 6) is -0.309. The van der Waals surface area contributed by atoms with Crippen molar-refractivity contribution >= 4 is 29.5 Å². The molecule has 0 spiro atoms. The van der Waals surface area contributed by atoms with Crippen LogP contribution in [0.5, 0.6) is 0 Å². The number of thioether (sulfide) groups is 1. The Morgan fingerprint density at radius 3 is 2.92 bits per heavy atom. The minimum Gasteiger partial charge on any atom is -0.454 e. The SMILES string of the molecule is Cc1ccccc1CCNC(=O)COC(=O)[C@H]1CS[C@@]2(C)CCC(=O)N12. The van der Waals surface area contributed by atoms with Crippen LogP contribution in [0.4, 0.5) is 0 Å². The van der Waals surface area contributed by atoms with Gasteiger partial charge in [0.25, 0.3) is 5.91 Å². The monoisotopic (exact) mass is 376 g/mol. The molecule has 0 saturated carbocycles. The van der Waals surface area contributed by atoms with Crippen LogP contribution in [-0.4, -0.2) is 52.5 Å². The third kappa shape index (κ3) is 3.87. The van der Waals surface area contributed by atoms with Gasteiger partial charge in [0.1, 0.15) is 6.04 Å². The Bertz CT molecular complexity index is 723. The van der Waals surface area contributed by atoms with Crippen molar-refractivity contribution in [2.45, 2.75) is 44.0 Å². The summed E-state index contributed by atoms with van der Waals surface area (Å²) < 4.78 is 5.16. The summed E-state index contributed by atoms with van der Waals surface area (Å²) in [5, 5.41) is 2.76. The van der Waals surface area contributed by atoms with Crippen molar-refractivity contribution in [1.82, 2.24) is 10.2 Å². The van der Waals surface area contributed by atoms with Crippen LogP contribution in [0.1, 0.15) is 30.9 Å². The van der Waals surface area contributed by atoms with Gasteiger partial charge in [0.15, 0.2) is 6.61 Å². The maximum Gasteiger partial charge on any atom is 0.330 e. The second kappa shape index (κ2) is 7.70. The quantitative estimate of drug-likeness (QED) is 0.764. The number of carbonyl (C=O) groups is 3. The second-order valence-electron chi connectivity index (χ2n) is 6.90. The molecule has 0 unspecified atom stereocenters. The molecule has 0 radical (unpaired) electrons. The predicted octanol–water partition coefficient (Wildman–Crippen LogP) is 1.65. The molecule has 2 aliphatic rings. The van der Waals surface area contributed by atoms with Crippen LogP contribution in [0.3, 0.4) is 0 Å². The highest BCUT2D eigenvalue weighted by Crippen LogP contribution is 2.47. The third-order valence-electron chi connectivity index (χ3n) is 5.04. The highest BCUT2D eigenvalue weighted by atomic mass is 32.2. The number of rotatable bonds is 6. The fourth-order valence-corrected chi connectivity index (χ4v) is 4.92. The van der Waals surface area contributed by atoms with Gasteiger partial charge in [0.05, 0.1) is 4.87 Å². The van der Waals surface area contributed by atoms with Crippen LogP contribution in [0, 0.1) is 6.92 Å². The minimum atomic E-state index is -0.584. The van der Waals surface area contributed by atoms with Gasteiger partial charge >= 0.3 is 5.97 Å². The molecule has 2 amide bonds. The predicted molar refractivity (Wildman–Crippen MR) is 99.6 cm³/mol. The Kier molecular flexibility index (Phi) is 5.55. The maximum atomic E-state index is 12.3. The van der Waals surface area contributed by atoms with Crippen molar-refractivity contribution in [2.24, 2.45) is 0 Å². The van der Waals surface area contributed by atoms with Crippen molar-refractivity contribution in [3.05, 3.63) is 35.4 Å². The molecule has 0 aliphatic carbocycles. The molecule has 0 bridgehead atoms. The van der Waals surface area contributed by atoms with Gasteiger partial charge in [0, 0.05) is 18.7 Å². The number of ether oxygens (including phenoxy) is 1. The Morgan fingerprint density at radius 2 is 2.15 bits per heavy atom.